The van der Waals surface area contributed by atoms with Gasteiger partial charge in [0.15, 0.2) is 6.79 Å². The van der Waals surface area contributed by atoms with E-state index in [1.165, 1.54) is 0 Å². The highest BCUT2D eigenvalue weighted by Gasteiger charge is 2.06. The van der Waals surface area contributed by atoms with Crippen LogP contribution in [0.25, 0.3) is 11.1 Å². The topological polar surface area (TPSA) is 44.2 Å². The van der Waals surface area contributed by atoms with E-state index in [0.717, 1.165) is 33.5 Å². The minimum atomic E-state index is 0.219. The molecule has 0 unspecified atom stereocenters. The van der Waals surface area contributed by atoms with Gasteiger partial charge in [-0.25, -0.2) is 0 Å². The van der Waals surface area contributed by atoms with Crippen molar-refractivity contribution in [3.8, 4) is 16.9 Å². The Hall–Kier alpha value is -1.46. The number of ether oxygens (including phenoxy) is 2. The van der Waals surface area contributed by atoms with Crippen LogP contribution in [0.15, 0.2) is 34.9 Å². The zero-order valence-corrected chi connectivity index (χ0v) is 12.5. The predicted octanol–water partition coefficient (Wildman–Crippen LogP) is 3.45. The van der Waals surface area contributed by atoms with Crippen LogP contribution in [0.2, 0.25) is 0 Å². The molecule has 4 nitrogen and oxygen atoms in total. The van der Waals surface area contributed by atoms with Crippen LogP contribution in [0.5, 0.6) is 5.75 Å². The standard InChI is InChI=1S/C14H15BrN2O2/c1-3-12-6-11(8-16-17-12)10-4-5-13(15)14(7-10)19-9-18-2/h4-8H,3,9H2,1-2H3. The molecule has 1 aromatic carbocycles. The predicted molar refractivity (Wildman–Crippen MR) is 77.1 cm³/mol. The van der Waals surface area contributed by atoms with Gasteiger partial charge >= 0.3 is 0 Å². The number of hydrogen-bond donors (Lipinski definition) is 0. The third-order valence-corrected chi connectivity index (χ3v) is 3.32. The van der Waals surface area contributed by atoms with Crippen molar-refractivity contribution in [2.24, 2.45) is 0 Å². The molecule has 0 aliphatic carbocycles. The summed E-state index contributed by atoms with van der Waals surface area (Å²) in [6, 6.07) is 7.96. The molecule has 0 radical (unpaired) electrons. The van der Waals surface area contributed by atoms with E-state index >= 15 is 0 Å². The van der Waals surface area contributed by atoms with Crippen molar-refractivity contribution in [1.82, 2.24) is 10.2 Å². The van der Waals surface area contributed by atoms with Gasteiger partial charge in [0.2, 0.25) is 0 Å². The number of rotatable bonds is 5. The second-order valence-electron chi connectivity index (χ2n) is 3.99. The lowest BCUT2D eigenvalue weighted by molar-refractivity contribution is 0.0506. The molecule has 2 rings (SSSR count). The number of halogens is 1. The molecule has 0 aliphatic heterocycles. The molecule has 19 heavy (non-hydrogen) atoms. The van der Waals surface area contributed by atoms with Gasteiger partial charge in [-0.05, 0) is 46.1 Å². The molecule has 0 atom stereocenters. The average Bonchev–Trinajstić information content (AvgIpc) is 2.46. The lowest BCUT2D eigenvalue weighted by atomic mass is 10.1. The van der Waals surface area contributed by atoms with Gasteiger partial charge in [0, 0.05) is 12.7 Å². The summed E-state index contributed by atoms with van der Waals surface area (Å²) in [6.45, 7) is 2.28. The van der Waals surface area contributed by atoms with Crippen LogP contribution in [-0.2, 0) is 11.2 Å². The Morgan fingerprint density at radius 2 is 2.05 bits per heavy atom. The normalized spacial score (nSPS) is 10.5. The Balaban J connectivity index is 2.33. The monoisotopic (exact) mass is 322 g/mol. The molecule has 1 heterocycles. The van der Waals surface area contributed by atoms with E-state index in [9.17, 15) is 0 Å². The molecule has 5 heteroatoms. The highest BCUT2D eigenvalue weighted by Crippen LogP contribution is 2.30. The summed E-state index contributed by atoms with van der Waals surface area (Å²) in [5.41, 5.74) is 3.04. The Morgan fingerprint density at radius 1 is 1.21 bits per heavy atom. The van der Waals surface area contributed by atoms with Crippen molar-refractivity contribution in [3.63, 3.8) is 0 Å². The van der Waals surface area contributed by atoms with Crippen LogP contribution in [0.3, 0.4) is 0 Å². The van der Waals surface area contributed by atoms with E-state index in [0.29, 0.717) is 0 Å². The van der Waals surface area contributed by atoms with Gasteiger partial charge in [0.25, 0.3) is 0 Å². The van der Waals surface area contributed by atoms with E-state index in [2.05, 4.69) is 33.1 Å². The lowest BCUT2D eigenvalue weighted by Gasteiger charge is -2.09. The van der Waals surface area contributed by atoms with Crippen molar-refractivity contribution in [1.29, 1.82) is 0 Å². The summed E-state index contributed by atoms with van der Waals surface area (Å²) in [5, 5.41) is 8.08. The van der Waals surface area contributed by atoms with Crippen molar-refractivity contribution in [3.05, 3.63) is 40.6 Å². The number of methoxy groups -OCH3 is 1. The first-order valence-electron chi connectivity index (χ1n) is 5.98. The van der Waals surface area contributed by atoms with Gasteiger partial charge < -0.3 is 9.47 Å². The van der Waals surface area contributed by atoms with Gasteiger partial charge in [-0.1, -0.05) is 13.0 Å². The second kappa shape index (κ2) is 6.63. The molecule has 0 amide bonds. The Morgan fingerprint density at radius 3 is 2.79 bits per heavy atom. The smallest absolute Gasteiger partial charge is 0.188 e. The van der Waals surface area contributed by atoms with Gasteiger partial charge in [-0.3, -0.25) is 0 Å². The fourth-order valence-electron chi connectivity index (χ4n) is 1.66. The van der Waals surface area contributed by atoms with E-state index in [1.54, 1.807) is 13.3 Å². The van der Waals surface area contributed by atoms with Gasteiger partial charge in [0.1, 0.15) is 5.75 Å². The van der Waals surface area contributed by atoms with Crippen LogP contribution in [0.1, 0.15) is 12.6 Å². The van der Waals surface area contributed by atoms with Crippen molar-refractivity contribution in [2.75, 3.05) is 13.9 Å². The summed E-state index contributed by atoms with van der Waals surface area (Å²) >= 11 is 3.45. The van der Waals surface area contributed by atoms with E-state index < -0.39 is 0 Å². The van der Waals surface area contributed by atoms with Crippen molar-refractivity contribution < 1.29 is 9.47 Å². The van der Waals surface area contributed by atoms with Crippen LogP contribution >= 0.6 is 15.9 Å². The van der Waals surface area contributed by atoms with Crippen LogP contribution in [-0.4, -0.2) is 24.1 Å². The van der Waals surface area contributed by atoms with Crippen molar-refractivity contribution >= 4 is 15.9 Å². The average molecular weight is 323 g/mol. The maximum Gasteiger partial charge on any atom is 0.188 e. The molecule has 0 saturated heterocycles. The van der Waals surface area contributed by atoms with Crippen LogP contribution in [0.4, 0.5) is 0 Å². The Labute approximate surface area is 120 Å². The van der Waals surface area contributed by atoms with Gasteiger partial charge in [-0.15, -0.1) is 0 Å². The molecule has 0 fully saturated rings. The molecule has 2 aromatic rings. The zero-order valence-electron chi connectivity index (χ0n) is 10.9. The summed E-state index contributed by atoms with van der Waals surface area (Å²) in [5.74, 6) is 0.745. The fourth-order valence-corrected chi connectivity index (χ4v) is 2.02. The molecular formula is C14H15BrN2O2. The highest BCUT2D eigenvalue weighted by molar-refractivity contribution is 9.10. The maximum atomic E-state index is 5.50. The second-order valence-corrected chi connectivity index (χ2v) is 4.84. The van der Waals surface area contributed by atoms with E-state index in [-0.39, 0.29) is 6.79 Å². The summed E-state index contributed by atoms with van der Waals surface area (Å²) in [6.07, 6.45) is 2.62. The third-order valence-electron chi connectivity index (χ3n) is 2.66. The summed E-state index contributed by atoms with van der Waals surface area (Å²) in [4.78, 5) is 0. The van der Waals surface area contributed by atoms with E-state index in [1.807, 2.05) is 24.3 Å². The van der Waals surface area contributed by atoms with Crippen LogP contribution in [0, 0.1) is 0 Å². The summed E-state index contributed by atoms with van der Waals surface area (Å²) in [7, 11) is 1.60. The minimum Gasteiger partial charge on any atom is -0.466 e. The fraction of sp³-hybridized carbons (Fsp3) is 0.286. The zero-order chi connectivity index (χ0) is 13.7. The first-order valence-corrected chi connectivity index (χ1v) is 6.77. The molecular weight excluding hydrogens is 308 g/mol. The lowest BCUT2D eigenvalue weighted by Crippen LogP contribution is -1.99. The Kier molecular flexibility index (Phi) is 4.87. The maximum absolute atomic E-state index is 5.50. The quantitative estimate of drug-likeness (QED) is 0.791. The van der Waals surface area contributed by atoms with Crippen molar-refractivity contribution in [2.45, 2.75) is 13.3 Å². The van der Waals surface area contributed by atoms with Crippen LogP contribution < -0.4 is 4.74 Å². The molecule has 0 saturated carbocycles. The minimum absolute atomic E-state index is 0.219. The number of aromatic nitrogens is 2. The first kappa shape index (κ1) is 14.0. The van der Waals surface area contributed by atoms with Gasteiger partial charge in [0.05, 0.1) is 16.4 Å². The summed E-state index contributed by atoms with van der Waals surface area (Å²) < 4.78 is 11.3. The molecule has 0 aliphatic rings. The molecule has 100 valence electrons. The molecule has 0 spiro atoms. The highest BCUT2D eigenvalue weighted by atomic mass is 79.9. The number of nitrogens with zero attached hydrogens (tertiary/aromatic N) is 2. The third kappa shape index (κ3) is 3.52. The molecule has 0 N–H and O–H groups in total. The molecule has 0 bridgehead atoms. The first-order chi connectivity index (χ1) is 9.24. The number of hydrogen-bond acceptors (Lipinski definition) is 4. The van der Waals surface area contributed by atoms with E-state index in [4.69, 9.17) is 9.47 Å². The molecule has 1 aromatic heterocycles. The largest absolute Gasteiger partial charge is 0.466 e. The van der Waals surface area contributed by atoms with Gasteiger partial charge in [-0.2, -0.15) is 10.2 Å². The SMILES string of the molecule is CCc1cc(-c2ccc(Br)c(OCOC)c2)cnn1. The Bertz CT molecular complexity index is 561. The number of aryl methyl sites for hydroxylation is 1. The number of benzene rings is 1.